The summed E-state index contributed by atoms with van der Waals surface area (Å²) >= 11 is 0. The number of hydrogen-bond donors (Lipinski definition) is 1. The minimum atomic E-state index is 0.834. The fourth-order valence-electron chi connectivity index (χ4n) is 1.84. The van der Waals surface area contributed by atoms with E-state index < -0.39 is 0 Å². The highest BCUT2D eigenvalue weighted by Crippen LogP contribution is 2.16. The number of hydrogen-bond acceptors (Lipinski definition) is 2. The van der Waals surface area contributed by atoms with E-state index in [0.29, 0.717) is 0 Å². The van der Waals surface area contributed by atoms with Gasteiger partial charge in [-0.25, -0.2) is 0 Å². The molecule has 1 saturated heterocycles. The number of aryl methyl sites for hydroxylation is 1. The van der Waals surface area contributed by atoms with E-state index in [1.807, 2.05) is 0 Å². The molecule has 1 aromatic carbocycles. The van der Waals surface area contributed by atoms with E-state index in [0.717, 1.165) is 12.5 Å². The molecule has 0 aliphatic carbocycles. The first-order chi connectivity index (χ1) is 6.75. The van der Waals surface area contributed by atoms with E-state index in [4.69, 9.17) is 0 Å². The van der Waals surface area contributed by atoms with Crippen LogP contribution in [0.15, 0.2) is 24.3 Å². The maximum Gasteiger partial charge on any atom is 0.0366 e. The third-order valence-corrected chi connectivity index (χ3v) is 2.84. The van der Waals surface area contributed by atoms with Crippen molar-refractivity contribution in [2.24, 2.45) is 5.92 Å². The molecule has 0 saturated carbocycles. The maximum atomic E-state index is 3.30. The predicted molar refractivity (Wildman–Crippen MR) is 60.8 cm³/mol. The van der Waals surface area contributed by atoms with Crippen LogP contribution in [-0.4, -0.2) is 26.7 Å². The lowest BCUT2D eigenvalue weighted by Crippen LogP contribution is -2.47. The Morgan fingerprint density at radius 1 is 1.43 bits per heavy atom. The van der Waals surface area contributed by atoms with Gasteiger partial charge in [-0.15, -0.1) is 0 Å². The normalized spacial score (nSPS) is 16.4. The van der Waals surface area contributed by atoms with Gasteiger partial charge in [0.1, 0.15) is 0 Å². The molecule has 76 valence electrons. The van der Waals surface area contributed by atoms with Gasteiger partial charge in [0.25, 0.3) is 0 Å². The lowest BCUT2D eigenvalue weighted by Gasteiger charge is -2.32. The standard InChI is InChI=1S/C12H18N2/c1-10-4-3-5-12(6-10)14(2)9-11-7-13-8-11/h3-6,11,13H,7-9H2,1-2H3. The zero-order valence-electron chi connectivity index (χ0n) is 8.96. The van der Waals surface area contributed by atoms with Crippen LogP contribution in [-0.2, 0) is 0 Å². The van der Waals surface area contributed by atoms with Crippen LogP contribution in [0, 0.1) is 12.8 Å². The second kappa shape index (κ2) is 4.01. The molecule has 1 aromatic rings. The minimum Gasteiger partial charge on any atom is -0.374 e. The van der Waals surface area contributed by atoms with E-state index in [1.54, 1.807) is 0 Å². The van der Waals surface area contributed by atoms with Gasteiger partial charge in [0, 0.05) is 38.3 Å². The molecule has 0 atom stereocenters. The molecule has 0 spiro atoms. The molecule has 1 fully saturated rings. The Morgan fingerprint density at radius 3 is 2.79 bits per heavy atom. The molecule has 1 aliphatic rings. The summed E-state index contributed by atoms with van der Waals surface area (Å²) in [6.07, 6.45) is 0. The van der Waals surface area contributed by atoms with Gasteiger partial charge in [0.2, 0.25) is 0 Å². The van der Waals surface area contributed by atoms with Crippen molar-refractivity contribution < 1.29 is 0 Å². The first-order valence-electron chi connectivity index (χ1n) is 5.24. The first kappa shape index (κ1) is 9.53. The van der Waals surface area contributed by atoms with Gasteiger partial charge in [0.05, 0.1) is 0 Å². The smallest absolute Gasteiger partial charge is 0.0366 e. The molecule has 0 unspecified atom stereocenters. The van der Waals surface area contributed by atoms with Crippen LogP contribution in [0.5, 0.6) is 0 Å². The highest BCUT2D eigenvalue weighted by molar-refractivity contribution is 5.47. The average molecular weight is 190 g/mol. The van der Waals surface area contributed by atoms with Gasteiger partial charge in [0.15, 0.2) is 0 Å². The molecule has 1 aliphatic heterocycles. The zero-order chi connectivity index (χ0) is 9.97. The summed E-state index contributed by atoms with van der Waals surface area (Å²) in [6, 6.07) is 8.69. The molecule has 0 aromatic heterocycles. The zero-order valence-corrected chi connectivity index (χ0v) is 8.96. The Balaban J connectivity index is 1.98. The van der Waals surface area contributed by atoms with Crippen LogP contribution in [0.2, 0.25) is 0 Å². The summed E-state index contributed by atoms with van der Waals surface area (Å²) in [5.41, 5.74) is 2.66. The number of nitrogens with zero attached hydrogens (tertiary/aromatic N) is 1. The molecule has 0 radical (unpaired) electrons. The lowest BCUT2D eigenvalue weighted by molar-refractivity contribution is 0.353. The van der Waals surface area contributed by atoms with Crippen LogP contribution in [0.25, 0.3) is 0 Å². The second-order valence-electron chi connectivity index (χ2n) is 4.24. The molecule has 1 N–H and O–H groups in total. The Kier molecular flexibility index (Phi) is 2.73. The Hall–Kier alpha value is -1.02. The van der Waals surface area contributed by atoms with E-state index in [1.165, 1.54) is 24.3 Å². The van der Waals surface area contributed by atoms with E-state index in [-0.39, 0.29) is 0 Å². The van der Waals surface area contributed by atoms with Crippen LogP contribution in [0.1, 0.15) is 5.56 Å². The third-order valence-electron chi connectivity index (χ3n) is 2.84. The maximum absolute atomic E-state index is 3.30. The van der Waals surface area contributed by atoms with Crippen molar-refractivity contribution in [2.45, 2.75) is 6.92 Å². The van der Waals surface area contributed by atoms with Gasteiger partial charge in [-0.2, -0.15) is 0 Å². The van der Waals surface area contributed by atoms with Gasteiger partial charge in [-0.1, -0.05) is 12.1 Å². The topological polar surface area (TPSA) is 15.3 Å². The fourth-order valence-corrected chi connectivity index (χ4v) is 1.84. The Bertz CT molecular complexity index is 305. The van der Waals surface area contributed by atoms with Crippen molar-refractivity contribution in [1.82, 2.24) is 5.32 Å². The summed E-state index contributed by atoms with van der Waals surface area (Å²) in [5, 5.41) is 3.30. The number of anilines is 1. The van der Waals surface area contributed by atoms with Gasteiger partial charge in [-0.05, 0) is 24.6 Å². The summed E-state index contributed by atoms with van der Waals surface area (Å²) in [6.45, 7) is 5.66. The van der Waals surface area contributed by atoms with Crippen molar-refractivity contribution in [1.29, 1.82) is 0 Å². The van der Waals surface area contributed by atoms with Gasteiger partial charge >= 0.3 is 0 Å². The van der Waals surface area contributed by atoms with Gasteiger partial charge < -0.3 is 10.2 Å². The summed E-state index contributed by atoms with van der Waals surface area (Å²) in [4.78, 5) is 2.35. The molecule has 0 bridgehead atoms. The number of benzene rings is 1. The summed E-state index contributed by atoms with van der Waals surface area (Å²) in [5.74, 6) is 0.834. The molecule has 2 heteroatoms. The first-order valence-corrected chi connectivity index (χ1v) is 5.24. The Labute approximate surface area is 85.9 Å². The number of rotatable bonds is 3. The largest absolute Gasteiger partial charge is 0.374 e. The SMILES string of the molecule is Cc1cccc(N(C)CC2CNC2)c1. The van der Waals surface area contributed by atoms with Gasteiger partial charge in [-0.3, -0.25) is 0 Å². The highest BCUT2D eigenvalue weighted by Gasteiger charge is 2.18. The third kappa shape index (κ3) is 2.07. The van der Waals surface area contributed by atoms with Crippen molar-refractivity contribution >= 4 is 5.69 Å². The van der Waals surface area contributed by atoms with Crippen molar-refractivity contribution in [3.63, 3.8) is 0 Å². The highest BCUT2D eigenvalue weighted by atomic mass is 15.1. The average Bonchev–Trinajstić information content (AvgIpc) is 2.11. The van der Waals surface area contributed by atoms with Crippen LogP contribution in [0.3, 0.4) is 0 Å². The van der Waals surface area contributed by atoms with Crippen LogP contribution < -0.4 is 10.2 Å². The lowest BCUT2D eigenvalue weighted by atomic mass is 10.0. The predicted octanol–water partition coefficient (Wildman–Crippen LogP) is 1.65. The second-order valence-corrected chi connectivity index (χ2v) is 4.24. The van der Waals surface area contributed by atoms with Crippen molar-refractivity contribution in [3.8, 4) is 0 Å². The summed E-state index contributed by atoms with van der Waals surface area (Å²) in [7, 11) is 2.17. The summed E-state index contributed by atoms with van der Waals surface area (Å²) < 4.78 is 0. The molecule has 0 amide bonds. The van der Waals surface area contributed by atoms with Crippen molar-refractivity contribution in [3.05, 3.63) is 29.8 Å². The van der Waals surface area contributed by atoms with E-state index in [2.05, 4.69) is 48.5 Å². The van der Waals surface area contributed by atoms with Crippen LogP contribution in [0.4, 0.5) is 5.69 Å². The molecule has 2 nitrogen and oxygen atoms in total. The van der Waals surface area contributed by atoms with Crippen molar-refractivity contribution in [2.75, 3.05) is 31.6 Å². The molecular formula is C12H18N2. The molecule has 14 heavy (non-hydrogen) atoms. The molecule has 1 heterocycles. The molecular weight excluding hydrogens is 172 g/mol. The van der Waals surface area contributed by atoms with E-state index >= 15 is 0 Å². The Morgan fingerprint density at radius 2 is 2.21 bits per heavy atom. The minimum absolute atomic E-state index is 0.834. The fraction of sp³-hybridized carbons (Fsp3) is 0.500. The number of nitrogens with one attached hydrogen (secondary N) is 1. The monoisotopic (exact) mass is 190 g/mol. The quantitative estimate of drug-likeness (QED) is 0.779. The van der Waals surface area contributed by atoms with E-state index in [9.17, 15) is 0 Å². The van der Waals surface area contributed by atoms with Crippen LogP contribution >= 0.6 is 0 Å². The molecule has 2 rings (SSSR count).